The van der Waals surface area contributed by atoms with Crippen LogP contribution in [0.15, 0.2) is 30.3 Å². The Morgan fingerprint density at radius 2 is 2.18 bits per heavy atom. The van der Waals surface area contributed by atoms with Crippen LogP contribution in [0.1, 0.15) is 12.5 Å². The molecule has 1 rings (SSSR count). The molecular formula is C13H16O4. The van der Waals surface area contributed by atoms with Crippen molar-refractivity contribution in [2.75, 3.05) is 19.8 Å². The molecule has 0 atom stereocenters. The van der Waals surface area contributed by atoms with Crippen LogP contribution in [0.25, 0.3) is 6.08 Å². The highest BCUT2D eigenvalue weighted by atomic mass is 16.5. The maximum atomic E-state index is 11.2. The fourth-order valence-corrected chi connectivity index (χ4v) is 1.25. The lowest BCUT2D eigenvalue weighted by atomic mass is 10.2. The van der Waals surface area contributed by atoms with E-state index in [0.717, 1.165) is 5.56 Å². The van der Waals surface area contributed by atoms with Gasteiger partial charge in [-0.2, -0.15) is 0 Å². The SMILES string of the molecule is CCOC(=O)/C=C/c1ccccc1OCCO. The van der Waals surface area contributed by atoms with Gasteiger partial charge in [0, 0.05) is 11.6 Å². The Bertz CT molecular complexity index is 385. The molecule has 1 aromatic carbocycles. The second-order valence-electron chi connectivity index (χ2n) is 3.20. The lowest BCUT2D eigenvalue weighted by Crippen LogP contribution is -2.03. The van der Waals surface area contributed by atoms with Crippen LogP contribution >= 0.6 is 0 Å². The van der Waals surface area contributed by atoms with E-state index in [-0.39, 0.29) is 19.2 Å². The summed E-state index contributed by atoms with van der Waals surface area (Å²) in [6, 6.07) is 7.27. The Labute approximate surface area is 100 Å². The van der Waals surface area contributed by atoms with Gasteiger partial charge in [-0.3, -0.25) is 0 Å². The summed E-state index contributed by atoms with van der Waals surface area (Å²) in [5.74, 6) is 0.242. The molecule has 0 aliphatic heterocycles. The number of hydrogen-bond donors (Lipinski definition) is 1. The van der Waals surface area contributed by atoms with Crippen LogP contribution in [0.5, 0.6) is 5.75 Å². The third-order valence-corrected chi connectivity index (χ3v) is 1.95. The lowest BCUT2D eigenvalue weighted by Gasteiger charge is -2.07. The topological polar surface area (TPSA) is 55.8 Å². The molecule has 4 nitrogen and oxygen atoms in total. The Morgan fingerprint density at radius 3 is 2.88 bits per heavy atom. The molecule has 0 radical (unpaired) electrons. The van der Waals surface area contributed by atoms with Crippen molar-refractivity contribution in [2.24, 2.45) is 0 Å². The molecule has 0 bridgehead atoms. The van der Waals surface area contributed by atoms with Gasteiger partial charge in [-0.05, 0) is 19.1 Å². The molecule has 17 heavy (non-hydrogen) atoms. The highest BCUT2D eigenvalue weighted by Crippen LogP contribution is 2.19. The maximum absolute atomic E-state index is 11.2. The number of benzene rings is 1. The van der Waals surface area contributed by atoms with Crippen LogP contribution < -0.4 is 4.74 Å². The molecule has 1 N–H and O–H groups in total. The molecule has 0 aliphatic carbocycles. The zero-order chi connectivity index (χ0) is 12.5. The third-order valence-electron chi connectivity index (χ3n) is 1.95. The van der Waals surface area contributed by atoms with Gasteiger partial charge in [0.15, 0.2) is 0 Å². The van der Waals surface area contributed by atoms with Gasteiger partial charge in [0.25, 0.3) is 0 Å². The number of carbonyl (C=O) groups excluding carboxylic acids is 1. The molecule has 92 valence electrons. The molecule has 0 spiro atoms. The van der Waals surface area contributed by atoms with Gasteiger partial charge in [0.1, 0.15) is 12.4 Å². The fraction of sp³-hybridized carbons (Fsp3) is 0.308. The summed E-state index contributed by atoms with van der Waals surface area (Å²) in [6.45, 7) is 2.29. The molecule has 0 amide bonds. The summed E-state index contributed by atoms with van der Waals surface area (Å²) < 4.78 is 10.1. The van der Waals surface area contributed by atoms with Crippen molar-refractivity contribution >= 4 is 12.0 Å². The molecule has 0 heterocycles. The Hall–Kier alpha value is -1.81. The quantitative estimate of drug-likeness (QED) is 0.602. The zero-order valence-corrected chi connectivity index (χ0v) is 9.76. The minimum absolute atomic E-state index is 0.0457. The van der Waals surface area contributed by atoms with Crippen LogP contribution in [-0.2, 0) is 9.53 Å². The van der Waals surface area contributed by atoms with Crippen LogP contribution in [0.2, 0.25) is 0 Å². The molecule has 0 saturated heterocycles. The molecule has 0 saturated carbocycles. The van der Waals surface area contributed by atoms with Crippen molar-refractivity contribution in [2.45, 2.75) is 6.92 Å². The van der Waals surface area contributed by atoms with E-state index in [9.17, 15) is 4.79 Å². The number of ether oxygens (including phenoxy) is 2. The summed E-state index contributed by atoms with van der Waals surface area (Å²) >= 11 is 0. The molecule has 0 unspecified atom stereocenters. The Morgan fingerprint density at radius 1 is 1.41 bits per heavy atom. The fourth-order valence-electron chi connectivity index (χ4n) is 1.25. The first-order chi connectivity index (χ1) is 8.27. The summed E-state index contributed by atoms with van der Waals surface area (Å²) in [7, 11) is 0. The zero-order valence-electron chi connectivity index (χ0n) is 9.76. The molecule has 4 heteroatoms. The minimum Gasteiger partial charge on any atom is -0.491 e. The van der Waals surface area contributed by atoms with Crippen molar-refractivity contribution in [3.8, 4) is 5.75 Å². The van der Waals surface area contributed by atoms with Crippen LogP contribution in [-0.4, -0.2) is 30.9 Å². The molecular weight excluding hydrogens is 220 g/mol. The van der Waals surface area contributed by atoms with E-state index in [1.165, 1.54) is 6.08 Å². The van der Waals surface area contributed by atoms with E-state index in [1.54, 1.807) is 19.1 Å². The molecule has 0 aliphatic rings. The van der Waals surface area contributed by atoms with E-state index in [1.807, 2.05) is 18.2 Å². The van der Waals surface area contributed by atoms with Crippen molar-refractivity contribution in [1.29, 1.82) is 0 Å². The highest BCUT2D eigenvalue weighted by molar-refractivity contribution is 5.87. The molecule has 0 aromatic heterocycles. The van der Waals surface area contributed by atoms with Crippen molar-refractivity contribution < 1.29 is 19.4 Å². The first-order valence-corrected chi connectivity index (χ1v) is 5.45. The van der Waals surface area contributed by atoms with Gasteiger partial charge in [-0.15, -0.1) is 0 Å². The maximum Gasteiger partial charge on any atom is 0.330 e. The summed E-state index contributed by atoms with van der Waals surface area (Å²) in [5.41, 5.74) is 0.772. The van der Waals surface area contributed by atoms with Crippen molar-refractivity contribution in [3.05, 3.63) is 35.9 Å². The van der Waals surface area contributed by atoms with Gasteiger partial charge in [-0.1, -0.05) is 18.2 Å². The lowest BCUT2D eigenvalue weighted by molar-refractivity contribution is -0.137. The largest absolute Gasteiger partial charge is 0.491 e. The van der Waals surface area contributed by atoms with Gasteiger partial charge >= 0.3 is 5.97 Å². The molecule has 1 aromatic rings. The second-order valence-corrected chi connectivity index (χ2v) is 3.20. The van der Waals surface area contributed by atoms with Crippen molar-refractivity contribution in [1.82, 2.24) is 0 Å². The third kappa shape index (κ3) is 4.70. The molecule has 0 fully saturated rings. The van der Waals surface area contributed by atoms with Crippen LogP contribution in [0, 0.1) is 0 Å². The van der Waals surface area contributed by atoms with E-state index in [2.05, 4.69) is 0 Å². The normalized spacial score (nSPS) is 10.5. The van der Waals surface area contributed by atoms with Gasteiger partial charge < -0.3 is 14.6 Å². The van der Waals surface area contributed by atoms with Gasteiger partial charge in [0.05, 0.1) is 13.2 Å². The average Bonchev–Trinajstić information content (AvgIpc) is 2.35. The van der Waals surface area contributed by atoms with E-state index < -0.39 is 0 Å². The number of carbonyl (C=O) groups is 1. The Balaban J connectivity index is 2.72. The average molecular weight is 236 g/mol. The van der Waals surface area contributed by atoms with Crippen LogP contribution in [0.3, 0.4) is 0 Å². The number of hydrogen-bond acceptors (Lipinski definition) is 4. The number of rotatable bonds is 6. The predicted molar refractivity (Wildman–Crippen MR) is 64.7 cm³/mol. The minimum atomic E-state index is -0.385. The highest BCUT2D eigenvalue weighted by Gasteiger charge is 2.00. The summed E-state index contributed by atoms with van der Waals surface area (Å²) in [6.07, 6.45) is 2.98. The van der Waals surface area contributed by atoms with Crippen LogP contribution in [0.4, 0.5) is 0 Å². The van der Waals surface area contributed by atoms with Crippen molar-refractivity contribution in [3.63, 3.8) is 0 Å². The van der Waals surface area contributed by atoms with E-state index >= 15 is 0 Å². The smallest absolute Gasteiger partial charge is 0.330 e. The summed E-state index contributed by atoms with van der Waals surface area (Å²) in [4.78, 5) is 11.2. The summed E-state index contributed by atoms with van der Waals surface area (Å²) in [5, 5.41) is 8.69. The number of aliphatic hydroxyl groups is 1. The number of para-hydroxylation sites is 1. The van der Waals surface area contributed by atoms with E-state index in [0.29, 0.717) is 12.4 Å². The standard InChI is InChI=1S/C13H16O4/c1-2-16-13(15)8-7-11-5-3-4-6-12(11)17-10-9-14/h3-8,14H,2,9-10H2,1H3/b8-7+. The number of aliphatic hydroxyl groups excluding tert-OH is 1. The first kappa shape index (κ1) is 13.3. The first-order valence-electron chi connectivity index (χ1n) is 5.45. The monoisotopic (exact) mass is 236 g/mol. The predicted octanol–water partition coefficient (Wildman–Crippen LogP) is 1.63. The Kier molecular flexibility index (Phi) is 5.82. The van der Waals surface area contributed by atoms with Gasteiger partial charge in [-0.25, -0.2) is 4.79 Å². The number of esters is 1. The second kappa shape index (κ2) is 7.46. The van der Waals surface area contributed by atoms with E-state index in [4.69, 9.17) is 14.6 Å². The van der Waals surface area contributed by atoms with Gasteiger partial charge in [0.2, 0.25) is 0 Å².